The summed E-state index contributed by atoms with van der Waals surface area (Å²) < 4.78 is 12.8. The van der Waals surface area contributed by atoms with Gasteiger partial charge in [0.05, 0.1) is 11.8 Å². The first-order chi connectivity index (χ1) is 11.1. The van der Waals surface area contributed by atoms with Gasteiger partial charge in [0, 0.05) is 5.75 Å². The van der Waals surface area contributed by atoms with E-state index in [1.807, 2.05) is 6.92 Å². The van der Waals surface area contributed by atoms with Crippen LogP contribution < -0.4 is 5.32 Å². The van der Waals surface area contributed by atoms with Crippen molar-refractivity contribution in [3.63, 3.8) is 0 Å². The van der Waals surface area contributed by atoms with Crippen LogP contribution in [0.4, 0.5) is 4.39 Å². The molecule has 0 heterocycles. The van der Waals surface area contributed by atoms with E-state index in [-0.39, 0.29) is 17.8 Å². The van der Waals surface area contributed by atoms with Gasteiger partial charge < -0.3 is 5.32 Å². The first-order valence-electron chi connectivity index (χ1n) is 7.79. The third-order valence-electron chi connectivity index (χ3n) is 3.68. The molecular weight excluding hydrogens is 309 g/mol. The number of carbonyl (C=O) groups is 1. The molecule has 0 aromatic heterocycles. The number of aryl methyl sites for hydroxylation is 1. The standard InChI is InChI=1S/C19H22FNOS/c1-3-15-4-8-17(9-5-15)14(2)21-19(22)13-23-12-16-6-10-18(20)11-7-16/h4-11,14H,3,12-13H2,1-2H3,(H,21,22)/t14-/m1/s1. The van der Waals surface area contributed by atoms with Gasteiger partial charge in [-0.3, -0.25) is 4.79 Å². The van der Waals surface area contributed by atoms with E-state index >= 15 is 0 Å². The van der Waals surface area contributed by atoms with Crippen molar-refractivity contribution in [2.75, 3.05) is 5.75 Å². The summed E-state index contributed by atoms with van der Waals surface area (Å²) in [6, 6.07) is 14.7. The Morgan fingerprint density at radius 1 is 1.09 bits per heavy atom. The normalized spacial score (nSPS) is 12.0. The highest BCUT2D eigenvalue weighted by Crippen LogP contribution is 2.16. The van der Waals surface area contributed by atoms with Crippen LogP contribution in [0.3, 0.4) is 0 Å². The van der Waals surface area contributed by atoms with Crippen LogP contribution in [0.5, 0.6) is 0 Å². The van der Waals surface area contributed by atoms with Crippen molar-refractivity contribution in [1.82, 2.24) is 5.32 Å². The highest BCUT2D eigenvalue weighted by Gasteiger charge is 2.09. The van der Waals surface area contributed by atoms with Gasteiger partial charge in [0.25, 0.3) is 0 Å². The van der Waals surface area contributed by atoms with E-state index in [0.717, 1.165) is 17.5 Å². The van der Waals surface area contributed by atoms with Gasteiger partial charge in [-0.2, -0.15) is 0 Å². The van der Waals surface area contributed by atoms with Crippen LogP contribution in [0.25, 0.3) is 0 Å². The molecule has 122 valence electrons. The number of halogens is 1. The lowest BCUT2D eigenvalue weighted by molar-refractivity contribution is -0.119. The Balaban J connectivity index is 1.76. The summed E-state index contributed by atoms with van der Waals surface area (Å²) in [5.41, 5.74) is 3.42. The van der Waals surface area contributed by atoms with Gasteiger partial charge in [-0.25, -0.2) is 4.39 Å². The van der Waals surface area contributed by atoms with Gasteiger partial charge >= 0.3 is 0 Å². The number of nitrogens with one attached hydrogen (secondary N) is 1. The quantitative estimate of drug-likeness (QED) is 0.809. The molecule has 1 amide bonds. The Hall–Kier alpha value is -1.81. The van der Waals surface area contributed by atoms with Crippen LogP contribution in [0, 0.1) is 5.82 Å². The lowest BCUT2D eigenvalue weighted by Crippen LogP contribution is -2.28. The van der Waals surface area contributed by atoms with E-state index in [9.17, 15) is 9.18 Å². The second-order valence-electron chi connectivity index (χ2n) is 5.50. The molecule has 0 saturated carbocycles. The summed E-state index contributed by atoms with van der Waals surface area (Å²) >= 11 is 1.53. The molecule has 0 fully saturated rings. The molecule has 2 aromatic rings. The van der Waals surface area contributed by atoms with Crippen molar-refractivity contribution in [3.8, 4) is 0 Å². The molecule has 23 heavy (non-hydrogen) atoms. The zero-order chi connectivity index (χ0) is 16.7. The zero-order valence-corrected chi connectivity index (χ0v) is 14.3. The lowest BCUT2D eigenvalue weighted by atomic mass is 10.1. The number of hydrogen-bond donors (Lipinski definition) is 1. The van der Waals surface area contributed by atoms with Gasteiger partial charge in [0.2, 0.25) is 5.91 Å². The molecule has 0 bridgehead atoms. The van der Waals surface area contributed by atoms with E-state index < -0.39 is 0 Å². The van der Waals surface area contributed by atoms with Crippen LogP contribution >= 0.6 is 11.8 Å². The zero-order valence-electron chi connectivity index (χ0n) is 13.5. The van der Waals surface area contributed by atoms with Crippen molar-refractivity contribution in [2.24, 2.45) is 0 Å². The Morgan fingerprint density at radius 2 is 1.70 bits per heavy atom. The highest BCUT2D eigenvalue weighted by molar-refractivity contribution is 7.99. The molecular formula is C19H22FNOS. The highest BCUT2D eigenvalue weighted by atomic mass is 32.2. The van der Waals surface area contributed by atoms with E-state index in [4.69, 9.17) is 0 Å². The number of carbonyl (C=O) groups excluding carboxylic acids is 1. The second-order valence-corrected chi connectivity index (χ2v) is 6.49. The van der Waals surface area contributed by atoms with E-state index in [0.29, 0.717) is 11.5 Å². The molecule has 0 aliphatic heterocycles. The summed E-state index contributed by atoms with van der Waals surface area (Å²) in [5.74, 6) is 0.880. The lowest BCUT2D eigenvalue weighted by Gasteiger charge is -2.14. The molecule has 1 N–H and O–H groups in total. The molecule has 0 spiro atoms. The smallest absolute Gasteiger partial charge is 0.230 e. The minimum absolute atomic E-state index is 0.000160. The number of hydrogen-bond acceptors (Lipinski definition) is 2. The van der Waals surface area contributed by atoms with Crippen LogP contribution in [0.1, 0.15) is 36.6 Å². The first-order valence-corrected chi connectivity index (χ1v) is 8.94. The molecule has 4 heteroatoms. The average molecular weight is 331 g/mol. The van der Waals surface area contributed by atoms with Gasteiger partial charge in [-0.05, 0) is 42.2 Å². The van der Waals surface area contributed by atoms with E-state index in [2.05, 4.69) is 36.5 Å². The first kappa shape index (κ1) is 17.5. The van der Waals surface area contributed by atoms with Crippen molar-refractivity contribution in [3.05, 3.63) is 71.0 Å². The van der Waals surface area contributed by atoms with Gasteiger partial charge in [-0.1, -0.05) is 43.3 Å². The third kappa shape index (κ3) is 5.71. The molecule has 2 rings (SSSR count). The van der Waals surface area contributed by atoms with Crippen molar-refractivity contribution >= 4 is 17.7 Å². The van der Waals surface area contributed by atoms with E-state index in [1.54, 1.807) is 12.1 Å². The van der Waals surface area contributed by atoms with Gasteiger partial charge in [0.1, 0.15) is 5.82 Å². The van der Waals surface area contributed by atoms with Crippen molar-refractivity contribution in [1.29, 1.82) is 0 Å². The molecule has 0 aliphatic rings. The minimum Gasteiger partial charge on any atom is -0.349 e. The molecule has 0 saturated heterocycles. The molecule has 2 nitrogen and oxygen atoms in total. The number of amides is 1. The number of thioether (sulfide) groups is 1. The maximum atomic E-state index is 12.8. The number of benzene rings is 2. The Kier molecular flexibility index (Phi) is 6.66. The maximum absolute atomic E-state index is 12.8. The van der Waals surface area contributed by atoms with Crippen LogP contribution in [-0.4, -0.2) is 11.7 Å². The SMILES string of the molecule is CCc1ccc([C@@H](C)NC(=O)CSCc2ccc(F)cc2)cc1. The second kappa shape index (κ2) is 8.73. The largest absolute Gasteiger partial charge is 0.349 e. The fraction of sp³-hybridized carbons (Fsp3) is 0.316. The summed E-state index contributed by atoms with van der Waals surface area (Å²) in [7, 11) is 0. The summed E-state index contributed by atoms with van der Waals surface area (Å²) in [6.45, 7) is 4.11. The van der Waals surface area contributed by atoms with Crippen molar-refractivity contribution < 1.29 is 9.18 Å². The minimum atomic E-state index is -0.237. The Labute approximate surface area is 141 Å². The van der Waals surface area contributed by atoms with Crippen LogP contribution in [0.2, 0.25) is 0 Å². The van der Waals surface area contributed by atoms with Crippen LogP contribution in [-0.2, 0) is 17.0 Å². The predicted octanol–water partition coefficient (Wildman–Crippen LogP) is 4.50. The topological polar surface area (TPSA) is 29.1 Å². The third-order valence-corrected chi connectivity index (χ3v) is 4.68. The Bertz CT molecular complexity index is 625. The maximum Gasteiger partial charge on any atom is 0.230 e. The molecule has 0 radical (unpaired) electrons. The fourth-order valence-electron chi connectivity index (χ4n) is 2.25. The molecule has 1 atom stereocenters. The molecule has 0 aliphatic carbocycles. The average Bonchev–Trinajstić information content (AvgIpc) is 2.56. The Morgan fingerprint density at radius 3 is 2.30 bits per heavy atom. The van der Waals surface area contributed by atoms with Gasteiger partial charge in [-0.15, -0.1) is 11.8 Å². The number of rotatable bonds is 7. The monoisotopic (exact) mass is 331 g/mol. The molecule has 2 aromatic carbocycles. The van der Waals surface area contributed by atoms with Gasteiger partial charge in [0.15, 0.2) is 0 Å². The molecule has 0 unspecified atom stereocenters. The van der Waals surface area contributed by atoms with Crippen molar-refractivity contribution in [2.45, 2.75) is 32.1 Å². The van der Waals surface area contributed by atoms with Crippen LogP contribution in [0.15, 0.2) is 48.5 Å². The summed E-state index contributed by atoms with van der Waals surface area (Å²) in [4.78, 5) is 12.0. The predicted molar refractivity (Wildman–Crippen MR) is 94.9 cm³/mol. The van der Waals surface area contributed by atoms with E-state index in [1.165, 1.54) is 29.5 Å². The summed E-state index contributed by atoms with van der Waals surface area (Å²) in [5, 5.41) is 3.01. The fourth-order valence-corrected chi connectivity index (χ4v) is 3.05. The summed E-state index contributed by atoms with van der Waals surface area (Å²) in [6.07, 6.45) is 1.01.